The van der Waals surface area contributed by atoms with Crippen LogP contribution in [0.3, 0.4) is 0 Å². The second-order valence-corrected chi connectivity index (χ2v) is 8.25. The van der Waals surface area contributed by atoms with Crippen LogP contribution in [0.15, 0.2) is 72.8 Å². The van der Waals surface area contributed by atoms with E-state index in [-0.39, 0.29) is 11.9 Å². The minimum atomic E-state index is -0.0131. The summed E-state index contributed by atoms with van der Waals surface area (Å²) in [5, 5.41) is 0. The number of hydrogen-bond donors (Lipinski definition) is 0. The molecule has 2 aliphatic heterocycles. The van der Waals surface area contributed by atoms with Crippen LogP contribution in [0.4, 0.5) is 0 Å². The predicted molar refractivity (Wildman–Crippen MR) is 126 cm³/mol. The number of amides is 1. The summed E-state index contributed by atoms with van der Waals surface area (Å²) in [5.74, 6) is 1.65. The molecule has 170 valence electrons. The van der Waals surface area contributed by atoms with Crippen molar-refractivity contribution in [1.82, 2.24) is 9.80 Å². The number of benzene rings is 3. The molecule has 2 heterocycles. The topological polar surface area (TPSA) is 51.2 Å². The van der Waals surface area contributed by atoms with Crippen molar-refractivity contribution in [2.24, 2.45) is 0 Å². The molecule has 33 heavy (non-hydrogen) atoms. The third-order valence-corrected chi connectivity index (χ3v) is 6.27. The molecular formula is C27H28N2O4. The molecule has 1 amide bonds. The molecule has 1 fully saturated rings. The van der Waals surface area contributed by atoms with Gasteiger partial charge in [0.1, 0.15) is 13.2 Å². The van der Waals surface area contributed by atoms with E-state index in [0.717, 1.165) is 13.1 Å². The number of hydrogen-bond acceptors (Lipinski definition) is 5. The highest BCUT2D eigenvalue weighted by atomic mass is 16.6. The van der Waals surface area contributed by atoms with Crippen LogP contribution >= 0.6 is 0 Å². The van der Waals surface area contributed by atoms with Gasteiger partial charge in [-0.05, 0) is 23.3 Å². The lowest BCUT2D eigenvalue weighted by atomic mass is 9.96. The summed E-state index contributed by atoms with van der Waals surface area (Å²) >= 11 is 0. The molecule has 3 aromatic rings. The SMILES string of the molecule is COc1cc(C(=O)N2CCN(C(c3ccccc3)c3ccccc3)CC2)cc2c1OCCO2. The summed E-state index contributed by atoms with van der Waals surface area (Å²) in [6, 6.07) is 24.8. The van der Waals surface area contributed by atoms with Gasteiger partial charge in [0.2, 0.25) is 5.75 Å². The molecule has 0 atom stereocenters. The van der Waals surface area contributed by atoms with E-state index in [4.69, 9.17) is 14.2 Å². The molecule has 0 saturated carbocycles. The maximum atomic E-state index is 13.3. The fourth-order valence-corrected chi connectivity index (χ4v) is 4.65. The zero-order chi connectivity index (χ0) is 22.6. The highest BCUT2D eigenvalue weighted by Gasteiger charge is 2.30. The first-order chi connectivity index (χ1) is 16.2. The molecule has 3 aromatic carbocycles. The number of methoxy groups -OCH3 is 1. The summed E-state index contributed by atoms with van der Waals surface area (Å²) < 4.78 is 16.8. The molecule has 0 bridgehead atoms. The van der Waals surface area contributed by atoms with Gasteiger partial charge >= 0.3 is 0 Å². The molecule has 5 rings (SSSR count). The third-order valence-electron chi connectivity index (χ3n) is 6.27. The maximum Gasteiger partial charge on any atom is 0.254 e. The van der Waals surface area contributed by atoms with Crippen LogP contribution in [0.2, 0.25) is 0 Å². The monoisotopic (exact) mass is 444 g/mol. The largest absolute Gasteiger partial charge is 0.493 e. The van der Waals surface area contributed by atoms with E-state index >= 15 is 0 Å². The number of rotatable bonds is 5. The fraction of sp³-hybridized carbons (Fsp3) is 0.296. The number of carbonyl (C=O) groups excluding carboxylic acids is 1. The summed E-state index contributed by atoms with van der Waals surface area (Å²) in [6.45, 7) is 3.84. The lowest BCUT2D eigenvalue weighted by Crippen LogP contribution is -2.49. The van der Waals surface area contributed by atoms with Crippen molar-refractivity contribution in [3.63, 3.8) is 0 Å². The molecule has 6 heteroatoms. The highest BCUT2D eigenvalue weighted by Crippen LogP contribution is 2.40. The summed E-state index contributed by atoms with van der Waals surface area (Å²) in [6.07, 6.45) is 0. The summed E-state index contributed by atoms with van der Waals surface area (Å²) in [4.78, 5) is 17.7. The van der Waals surface area contributed by atoms with Crippen LogP contribution < -0.4 is 14.2 Å². The van der Waals surface area contributed by atoms with Crippen molar-refractivity contribution in [2.45, 2.75) is 6.04 Å². The Kier molecular flexibility index (Phi) is 6.17. The van der Waals surface area contributed by atoms with Crippen molar-refractivity contribution in [1.29, 1.82) is 0 Å². The Morgan fingerprint density at radius 1 is 0.848 bits per heavy atom. The molecule has 0 N–H and O–H groups in total. The maximum absolute atomic E-state index is 13.3. The minimum Gasteiger partial charge on any atom is -0.493 e. The zero-order valence-corrected chi connectivity index (χ0v) is 18.8. The van der Waals surface area contributed by atoms with Crippen molar-refractivity contribution in [3.8, 4) is 17.2 Å². The van der Waals surface area contributed by atoms with Gasteiger partial charge in [-0.15, -0.1) is 0 Å². The number of ether oxygens (including phenoxy) is 3. The molecule has 0 aromatic heterocycles. The Balaban J connectivity index is 1.34. The quantitative estimate of drug-likeness (QED) is 0.595. The highest BCUT2D eigenvalue weighted by molar-refractivity contribution is 5.95. The van der Waals surface area contributed by atoms with Crippen LogP contribution in [-0.2, 0) is 0 Å². The molecule has 0 spiro atoms. The van der Waals surface area contributed by atoms with Crippen LogP contribution in [-0.4, -0.2) is 62.2 Å². The van der Waals surface area contributed by atoms with E-state index in [1.54, 1.807) is 19.2 Å². The normalized spacial score (nSPS) is 16.0. The zero-order valence-electron chi connectivity index (χ0n) is 18.8. The number of carbonyl (C=O) groups is 1. The number of piperazine rings is 1. The van der Waals surface area contributed by atoms with Crippen molar-refractivity contribution in [2.75, 3.05) is 46.5 Å². The van der Waals surface area contributed by atoms with Gasteiger partial charge in [0.25, 0.3) is 5.91 Å². The van der Waals surface area contributed by atoms with E-state index in [2.05, 4.69) is 53.4 Å². The van der Waals surface area contributed by atoms with Gasteiger partial charge in [-0.3, -0.25) is 9.69 Å². The van der Waals surface area contributed by atoms with Crippen LogP contribution in [0.1, 0.15) is 27.5 Å². The van der Waals surface area contributed by atoms with Crippen molar-refractivity contribution in [3.05, 3.63) is 89.5 Å². The Hall–Kier alpha value is -3.51. The number of fused-ring (bicyclic) bond motifs is 1. The molecule has 0 unspecified atom stereocenters. The van der Waals surface area contributed by atoms with Gasteiger partial charge in [0.15, 0.2) is 11.5 Å². The molecule has 2 aliphatic rings. The first kappa shape index (κ1) is 21.3. The Morgan fingerprint density at radius 2 is 1.45 bits per heavy atom. The van der Waals surface area contributed by atoms with Crippen molar-refractivity contribution < 1.29 is 19.0 Å². The van der Waals surface area contributed by atoms with E-state index in [1.165, 1.54) is 11.1 Å². The van der Waals surface area contributed by atoms with Gasteiger partial charge in [-0.25, -0.2) is 0 Å². The molecule has 0 aliphatic carbocycles. The van der Waals surface area contributed by atoms with Crippen LogP contribution in [0.5, 0.6) is 17.2 Å². The smallest absolute Gasteiger partial charge is 0.254 e. The van der Waals surface area contributed by atoms with Crippen LogP contribution in [0, 0.1) is 0 Å². The summed E-state index contributed by atoms with van der Waals surface area (Å²) in [5.41, 5.74) is 3.09. The van der Waals surface area contributed by atoms with E-state index in [0.29, 0.717) is 49.1 Å². The predicted octanol–water partition coefficient (Wildman–Crippen LogP) is 4.01. The second-order valence-electron chi connectivity index (χ2n) is 8.25. The molecule has 1 saturated heterocycles. The van der Waals surface area contributed by atoms with Gasteiger partial charge in [-0.1, -0.05) is 60.7 Å². The molecule has 6 nitrogen and oxygen atoms in total. The van der Waals surface area contributed by atoms with E-state index in [9.17, 15) is 4.79 Å². The van der Waals surface area contributed by atoms with E-state index < -0.39 is 0 Å². The third kappa shape index (κ3) is 4.39. The first-order valence-corrected chi connectivity index (χ1v) is 11.4. The summed E-state index contributed by atoms with van der Waals surface area (Å²) in [7, 11) is 1.58. The van der Waals surface area contributed by atoms with Crippen molar-refractivity contribution >= 4 is 5.91 Å². The molecule has 0 radical (unpaired) electrons. The first-order valence-electron chi connectivity index (χ1n) is 11.4. The Morgan fingerprint density at radius 3 is 2.06 bits per heavy atom. The number of nitrogens with zero attached hydrogens (tertiary/aromatic N) is 2. The Bertz CT molecular complexity index is 1040. The van der Waals surface area contributed by atoms with Crippen LogP contribution in [0.25, 0.3) is 0 Å². The average Bonchev–Trinajstić information content (AvgIpc) is 2.89. The fourth-order valence-electron chi connectivity index (χ4n) is 4.65. The molecular weight excluding hydrogens is 416 g/mol. The standard InChI is InChI=1S/C27H28N2O4/c1-31-23-18-22(19-24-26(23)33-17-16-32-24)27(30)29-14-12-28(13-15-29)25(20-8-4-2-5-9-20)21-10-6-3-7-11-21/h2-11,18-19,25H,12-17H2,1H3. The van der Waals surface area contributed by atoms with Gasteiger partial charge in [0.05, 0.1) is 13.2 Å². The minimum absolute atomic E-state index is 0.0131. The lowest BCUT2D eigenvalue weighted by Gasteiger charge is -2.40. The van der Waals surface area contributed by atoms with Gasteiger partial charge in [-0.2, -0.15) is 0 Å². The van der Waals surface area contributed by atoms with E-state index in [1.807, 2.05) is 17.0 Å². The van der Waals surface area contributed by atoms with Gasteiger partial charge < -0.3 is 19.1 Å². The Labute approximate surface area is 194 Å². The second kappa shape index (κ2) is 9.55. The van der Waals surface area contributed by atoms with Gasteiger partial charge in [0, 0.05) is 31.7 Å². The lowest BCUT2D eigenvalue weighted by molar-refractivity contribution is 0.0596. The average molecular weight is 445 g/mol.